The Morgan fingerprint density at radius 3 is 2.63 bits per heavy atom. The van der Waals surface area contributed by atoms with Crippen molar-refractivity contribution in [2.45, 2.75) is 12.6 Å². The highest BCUT2D eigenvalue weighted by Gasteiger charge is 2.21. The number of aromatic hydroxyl groups is 1. The zero-order chi connectivity index (χ0) is 14.0. The van der Waals surface area contributed by atoms with Gasteiger partial charge in [0.05, 0.1) is 0 Å². The van der Waals surface area contributed by atoms with E-state index in [-0.39, 0.29) is 17.3 Å². The van der Waals surface area contributed by atoms with Gasteiger partial charge in [0.15, 0.2) is 0 Å². The number of thiazole rings is 1. The molecule has 1 aromatic carbocycles. The number of carboxylic acid groups (broad SMARTS) is 1. The van der Waals surface area contributed by atoms with Crippen LogP contribution >= 0.6 is 22.9 Å². The number of phenolic OH excluding ortho intramolecular Hbond substituents is 1. The smallest absolute Gasteiger partial charge is 0.338 e. The molecule has 0 aliphatic heterocycles. The number of halogens is 2. The molecule has 4 nitrogen and oxygen atoms in total. The lowest BCUT2D eigenvalue weighted by Gasteiger charge is -1.99. The highest BCUT2D eigenvalue weighted by Crippen LogP contribution is 2.32. The number of carbonyl (C=O) groups is 1. The van der Waals surface area contributed by atoms with Crippen molar-refractivity contribution < 1.29 is 19.4 Å². The second kappa shape index (κ2) is 5.54. The Balaban J connectivity index is 2.25. The highest BCUT2D eigenvalue weighted by molar-refractivity contribution is 7.15. The molecule has 0 fully saturated rings. The van der Waals surface area contributed by atoms with Crippen LogP contribution in [0.15, 0.2) is 24.3 Å². The first-order valence-electron chi connectivity index (χ1n) is 5.29. The van der Waals surface area contributed by atoms with Crippen LogP contribution in [0.25, 0.3) is 10.6 Å². The molecule has 2 N–H and O–H groups in total. The number of nitrogens with zero attached hydrogens (tertiary/aromatic N) is 1. The molecule has 100 valence electrons. The van der Waals surface area contributed by atoms with E-state index in [1.807, 2.05) is 0 Å². The summed E-state index contributed by atoms with van der Waals surface area (Å²) in [5.74, 6) is -1.39. The first kappa shape index (κ1) is 13.8. The molecule has 0 bridgehead atoms. The first-order valence-corrected chi connectivity index (χ1v) is 6.48. The van der Waals surface area contributed by atoms with Crippen LogP contribution in [0.2, 0.25) is 5.15 Å². The van der Waals surface area contributed by atoms with E-state index < -0.39 is 12.1 Å². The van der Waals surface area contributed by atoms with Gasteiger partial charge in [-0.3, -0.25) is 0 Å². The van der Waals surface area contributed by atoms with Crippen LogP contribution in [0.5, 0.6) is 5.75 Å². The molecule has 1 heterocycles. The van der Waals surface area contributed by atoms with Gasteiger partial charge >= 0.3 is 5.97 Å². The Labute approximate surface area is 117 Å². The van der Waals surface area contributed by atoms with E-state index in [1.54, 1.807) is 12.1 Å². The molecule has 0 radical (unpaired) electrons. The van der Waals surface area contributed by atoms with Crippen LogP contribution in [0.4, 0.5) is 4.39 Å². The minimum Gasteiger partial charge on any atom is -0.508 e. The van der Waals surface area contributed by atoms with E-state index in [4.69, 9.17) is 16.7 Å². The van der Waals surface area contributed by atoms with Gasteiger partial charge in [-0.05, 0) is 24.3 Å². The Morgan fingerprint density at radius 1 is 1.42 bits per heavy atom. The lowest BCUT2D eigenvalue weighted by atomic mass is 10.2. The van der Waals surface area contributed by atoms with Crippen molar-refractivity contribution in [3.05, 3.63) is 34.3 Å². The predicted octanol–water partition coefficient (Wildman–Crippen LogP) is 3.13. The van der Waals surface area contributed by atoms with Crippen molar-refractivity contribution in [3.8, 4) is 16.3 Å². The summed E-state index contributed by atoms with van der Waals surface area (Å²) in [7, 11) is 0. The number of rotatable bonds is 4. The molecule has 0 amide bonds. The largest absolute Gasteiger partial charge is 0.508 e. The second-order valence-electron chi connectivity index (χ2n) is 3.79. The summed E-state index contributed by atoms with van der Waals surface area (Å²) in [5, 5.41) is 18.4. The molecule has 0 aliphatic rings. The summed E-state index contributed by atoms with van der Waals surface area (Å²) in [6.07, 6.45) is -2.30. The molecule has 0 spiro atoms. The zero-order valence-electron chi connectivity index (χ0n) is 9.51. The summed E-state index contributed by atoms with van der Waals surface area (Å²) in [5.41, 5.74) is 0.724. The third-order valence-electron chi connectivity index (χ3n) is 2.40. The van der Waals surface area contributed by atoms with Crippen LogP contribution < -0.4 is 0 Å². The van der Waals surface area contributed by atoms with Crippen molar-refractivity contribution in [2.24, 2.45) is 0 Å². The average Bonchev–Trinajstić information content (AvgIpc) is 2.71. The van der Waals surface area contributed by atoms with Gasteiger partial charge in [0, 0.05) is 16.9 Å². The molecule has 19 heavy (non-hydrogen) atoms. The molecule has 2 aromatic rings. The summed E-state index contributed by atoms with van der Waals surface area (Å²) in [6.45, 7) is 0. The lowest BCUT2D eigenvalue weighted by molar-refractivity contribution is -0.142. The molecule has 0 aliphatic carbocycles. The molecule has 0 saturated carbocycles. The molecule has 2 rings (SSSR count). The highest BCUT2D eigenvalue weighted by atomic mass is 35.5. The number of carboxylic acids is 1. The maximum absolute atomic E-state index is 13.1. The monoisotopic (exact) mass is 301 g/mol. The van der Waals surface area contributed by atoms with E-state index in [9.17, 15) is 14.3 Å². The number of aromatic nitrogens is 1. The fourth-order valence-electron chi connectivity index (χ4n) is 1.44. The van der Waals surface area contributed by atoms with Gasteiger partial charge in [-0.1, -0.05) is 11.6 Å². The first-order chi connectivity index (χ1) is 8.97. The van der Waals surface area contributed by atoms with Crippen LogP contribution in [0.1, 0.15) is 4.88 Å². The molecule has 0 saturated heterocycles. The van der Waals surface area contributed by atoms with Crippen LogP contribution in [-0.4, -0.2) is 27.3 Å². The topological polar surface area (TPSA) is 70.4 Å². The van der Waals surface area contributed by atoms with Gasteiger partial charge in [-0.25, -0.2) is 14.2 Å². The fraction of sp³-hybridized carbons (Fsp3) is 0.167. The Bertz CT molecular complexity index is 600. The van der Waals surface area contributed by atoms with Crippen LogP contribution in [0, 0.1) is 0 Å². The standard InChI is InChI=1S/C12H9ClFNO3S/c13-10-9(5-8(14)12(17)18)19-11(15-10)6-1-3-7(16)4-2-6/h1-4,8,16H,5H2,(H,17,18). The summed E-state index contributed by atoms with van der Waals surface area (Å²) >= 11 is 7.00. The predicted molar refractivity (Wildman–Crippen MR) is 70.5 cm³/mol. The third-order valence-corrected chi connectivity index (χ3v) is 3.95. The van der Waals surface area contributed by atoms with Gasteiger partial charge in [0.25, 0.3) is 0 Å². The Hall–Kier alpha value is -1.66. The van der Waals surface area contributed by atoms with Crippen molar-refractivity contribution in [3.63, 3.8) is 0 Å². The van der Waals surface area contributed by atoms with Crippen molar-refractivity contribution in [1.82, 2.24) is 4.98 Å². The van der Waals surface area contributed by atoms with Gasteiger partial charge in [-0.2, -0.15) is 0 Å². The molecule has 1 unspecified atom stereocenters. The minimum atomic E-state index is -1.99. The van der Waals surface area contributed by atoms with Crippen molar-refractivity contribution in [1.29, 1.82) is 0 Å². The number of alkyl halides is 1. The Morgan fingerprint density at radius 2 is 2.05 bits per heavy atom. The molecule has 1 atom stereocenters. The minimum absolute atomic E-state index is 0.108. The van der Waals surface area contributed by atoms with Crippen molar-refractivity contribution in [2.75, 3.05) is 0 Å². The second-order valence-corrected chi connectivity index (χ2v) is 5.23. The lowest BCUT2D eigenvalue weighted by Crippen LogP contribution is -2.16. The van der Waals surface area contributed by atoms with Crippen LogP contribution in [0.3, 0.4) is 0 Å². The maximum atomic E-state index is 13.1. The number of aliphatic carboxylic acids is 1. The maximum Gasteiger partial charge on any atom is 0.338 e. The summed E-state index contributed by atoms with van der Waals surface area (Å²) in [4.78, 5) is 14.9. The number of benzene rings is 1. The van der Waals surface area contributed by atoms with E-state index in [2.05, 4.69) is 4.98 Å². The van der Waals surface area contributed by atoms with E-state index in [0.717, 1.165) is 16.9 Å². The van der Waals surface area contributed by atoms with E-state index >= 15 is 0 Å². The van der Waals surface area contributed by atoms with Crippen LogP contribution in [-0.2, 0) is 11.2 Å². The third kappa shape index (κ3) is 3.21. The van der Waals surface area contributed by atoms with Gasteiger partial charge in [-0.15, -0.1) is 11.3 Å². The molecule has 7 heteroatoms. The molecular formula is C12H9ClFNO3S. The zero-order valence-corrected chi connectivity index (χ0v) is 11.1. The van der Waals surface area contributed by atoms with Crippen molar-refractivity contribution >= 4 is 28.9 Å². The summed E-state index contributed by atoms with van der Waals surface area (Å²) in [6, 6.07) is 6.30. The van der Waals surface area contributed by atoms with Gasteiger partial charge in [0.2, 0.25) is 6.17 Å². The molecule has 1 aromatic heterocycles. The molecular weight excluding hydrogens is 293 g/mol. The van der Waals surface area contributed by atoms with E-state index in [0.29, 0.717) is 9.88 Å². The summed E-state index contributed by atoms with van der Waals surface area (Å²) < 4.78 is 13.1. The number of hydrogen-bond donors (Lipinski definition) is 2. The van der Waals surface area contributed by atoms with E-state index in [1.165, 1.54) is 12.1 Å². The van der Waals surface area contributed by atoms with Gasteiger partial charge < -0.3 is 10.2 Å². The number of hydrogen-bond acceptors (Lipinski definition) is 4. The average molecular weight is 302 g/mol. The fourth-order valence-corrected chi connectivity index (χ4v) is 2.75. The SMILES string of the molecule is O=C(O)C(F)Cc1sc(-c2ccc(O)cc2)nc1Cl. The normalized spacial score (nSPS) is 12.3. The number of phenols is 1. The van der Waals surface area contributed by atoms with Gasteiger partial charge in [0.1, 0.15) is 15.9 Å². The quantitative estimate of drug-likeness (QED) is 0.910. The Kier molecular flexibility index (Phi) is 4.01.